The van der Waals surface area contributed by atoms with Crippen LogP contribution in [0.2, 0.25) is 6.82 Å². The maximum absolute atomic E-state index is 12.9. The largest absolute Gasteiger partial charge is 0.416 e. The van der Waals surface area contributed by atoms with E-state index in [0.29, 0.717) is 18.4 Å². The van der Waals surface area contributed by atoms with Crippen LogP contribution in [0.4, 0.5) is 13.2 Å². The van der Waals surface area contributed by atoms with Gasteiger partial charge in [-0.1, -0.05) is 18.4 Å². The second kappa shape index (κ2) is 4.80. The van der Waals surface area contributed by atoms with Gasteiger partial charge in [0, 0.05) is 17.1 Å². The smallest absolute Gasteiger partial charge is 0.319 e. The van der Waals surface area contributed by atoms with E-state index in [9.17, 15) is 13.2 Å². The van der Waals surface area contributed by atoms with Crippen molar-refractivity contribution in [1.82, 2.24) is 4.57 Å². The average molecular weight is 265 g/mol. The molecule has 19 heavy (non-hydrogen) atoms. The molecule has 5 heteroatoms. The molecule has 0 fully saturated rings. The van der Waals surface area contributed by atoms with Crippen molar-refractivity contribution in [1.29, 1.82) is 0 Å². The molecule has 100 valence electrons. The Hall–Kier alpha value is -1.65. The van der Waals surface area contributed by atoms with Crippen LogP contribution in [-0.4, -0.2) is 11.8 Å². The Balaban J connectivity index is 2.64. The molecule has 2 rings (SSSR count). The van der Waals surface area contributed by atoms with Crippen LogP contribution < -0.4 is 5.46 Å². The lowest BCUT2D eigenvalue weighted by Gasteiger charge is -2.15. The van der Waals surface area contributed by atoms with Crippen LogP contribution in [0.1, 0.15) is 17.0 Å². The van der Waals surface area contributed by atoms with Crippen LogP contribution in [-0.2, 0) is 6.18 Å². The summed E-state index contributed by atoms with van der Waals surface area (Å²) in [7, 11) is 0.580. The molecule has 0 atom stereocenters. The molecule has 0 unspecified atom stereocenters. The highest BCUT2D eigenvalue weighted by molar-refractivity contribution is 6.52. The molecule has 2 aromatic rings. The lowest BCUT2D eigenvalue weighted by Crippen LogP contribution is -2.17. The standard InChI is InChI=1S/C14H15BF3N/c1-9-4-5-10(2)19(9)13-7-11(14(16,17)18)6-12(8-13)15-3/h4-8,15H,1-3H3. The van der Waals surface area contributed by atoms with E-state index in [1.165, 1.54) is 12.1 Å². The van der Waals surface area contributed by atoms with Crippen molar-refractivity contribution in [2.75, 3.05) is 0 Å². The molecule has 0 bridgehead atoms. The van der Waals surface area contributed by atoms with Gasteiger partial charge in [-0.15, -0.1) is 0 Å². The number of aryl methyl sites for hydroxylation is 2. The summed E-state index contributed by atoms with van der Waals surface area (Å²) in [5.74, 6) is 0. The van der Waals surface area contributed by atoms with Crippen LogP contribution in [0.3, 0.4) is 0 Å². The summed E-state index contributed by atoms with van der Waals surface area (Å²) in [6.45, 7) is 5.63. The normalized spacial score (nSPS) is 11.7. The fourth-order valence-electron chi connectivity index (χ4n) is 2.25. The van der Waals surface area contributed by atoms with Crippen molar-refractivity contribution in [3.63, 3.8) is 0 Å². The highest BCUT2D eigenvalue weighted by Gasteiger charge is 2.31. The Bertz CT molecular complexity index is 580. The van der Waals surface area contributed by atoms with E-state index in [1.807, 2.05) is 43.4 Å². The molecule has 0 saturated carbocycles. The maximum atomic E-state index is 12.9. The zero-order valence-corrected chi connectivity index (χ0v) is 11.2. The quantitative estimate of drug-likeness (QED) is 0.735. The molecule has 0 aliphatic carbocycles. The zero-order valence-electron chi connectivity index (χ0n) is 11.2. The number of rotatable bonds is 2. The molecule has 0 aliphatic rings. The molecule has 1 aromatic carbocycles. The number of aromatic nitrogens is 1. The lowest BCUT2D eigenvalue weighted by molar-refractivity contribution is -0.137. The summed E-state index contributed by atoms with van der Waals surface area (Å²) in [4.78, 5) is 0. The number of alkyl halides is 3. The van der Waals surface area contributed by atoms with Gasteiger partial charge in [0.1, 0.15) is 0 Å². The molecule has 0 N–H and O–H groups in total. The summed E-state index contributed by atoms with van der Waals surface area (Å²) in [6, 6.07) is 8.05. The first-order valence-electron chi connectivity index (χ1n) is 6.19. The van der Waals surface area contributed by atoms with Crippen molar-refractivity contribution in [2.45, 2.75) is 26.8 Å². The van der Waals surface area contributed by atoms with Crippen LogP contribution >= 0.6 is 0 Å². The van der Waals surface area contributed by atoms with Crippen LogP contribution in [0.5, 0.6) is 0 Å². The maximum Gasteiger partial charge on any atom is 0.416 e. The van der Waals surface area contributed by atoms with Gasteiger partial charge in [-0.2, -0.15) is 13.2 Å². The molecular formula is C14H15BF3N. The van der Waals surface area contributed by atoms with E-state index in [-0.39, 0.29) is 0 Å². The predicted octanol–water partition coefficient (Wildman–Crippen LogP) is 3.22. The molecule has 0 saturated heterocycles. The van der Waals surface area contributed by atoms with Gasteiger partial charge in [-0.05, 0) is 38.1 Å². The minimum absolute atomic E-state index is 0.576. The first kappa shape index (κ1) is 13.8. The Morgan fingerprint density at radius 2 is 1.58 bits per heavy atom. The second-order valence-corrected chi connectivity index (χ2v) is 4.69. The average Bonchev–Trinajstić information content (AvgIpc) is 2.67. The number of hydrogen-bond acceptors (Lipinski definition) is 0. The molecule has 0 radical (unpaired) electrons. The van der Waals surface area contributed by atoms with E-state index in [2.05, 4.69) is 0 Å². The Morgan fingerprint density at radius 1 is 1.00 bits per heavy atom. The minimum Gasteiger partial charge on any atom is -0.319 e. The third-order valence-corrected chi connectivity index (χ3v) is 3.24. The summed E-state index contributed by atoms with van der Waals surface area (Å²) in [5.41, 5.74) is 2.54. The summed E-state index contributed by atoms with van der Waals surface area (Å²) < 4.78 is 40.6. The molecule has 1 nitrogen and oxygen atoms in total. The van der Waals surface area contributed by atoms with E-state index >= 15 is 0 Å². The van der Waals surface area contributed by atoms with Crippen molar-refractivity contribution in [3.8, 4) is 5.69 Å². The number of nitrogens with zero attached hydrogens (tertiary/aromatic N) is 1. The highest BCUT2D eigenvalue weighted by Crippen LogP contribution is 2.30. The lowest BCUT2D eigenvalue weighted by atomic mass is 9.72. The topological polar surface area (TPSA) is 4.93 Å². The van der Waals surface area contributed by atoms with E-state index < -0.39 is 11.7 Å². The monoisotopic (exact) mass is 265 g/mol. The molecule has 1 heterocycles. The summed E-state index contributed by atoms with van der Waals surface area (Å²) in [6.07, 6.45) is -4.31. The molecule has 0 aliphatic heterocycles. The van der Waals surface area contributed by atoms with Gasteiger partial charge in [-0.3, -0.25) is 0 Å². The van der Waals surface area contributed by atoms with E-state index in [0.717, 1.165) is 11.4 Å². The van der Waals surface area contributed by atoms with Gasteiger partial charge in [0.05, 0.1) is 5.56 Å². The van der Waals surface area contributed by atoms with Gasteiger partial charge in [0.25, 0.3) is 0 Å². The van der Waals surface area contributed by atoms with Crippen LogP contribution in [0, 0.1) is 13.8 Å². The zero-order chi connectivity index (χ0) is 14.2. The fraction of sp³-hybridized carbons (Fsp3) is 0.286. The molecule has 0 amide bonds. The Morgan fingerprint density at radius 3 is 2.05 bits per heavy atom. The summed E-state index contributed by atoms with van der Waals surface area (Å²) >= 11 is 0. The van der Waals surface area contributed by atoms with E-state index in [4.69, 9.17) is 0 Å². The predicted molar refractivity (Wildman–Crippen MR) is 72.9 cm³/mol. The van der Waals surface area contributed by atoms with Crippen molar-refractivity contribution in [2.24, 2.45) is 0 Å². The van der Waals surface area contributed by atoms with Gasteiger partial charge in [-0.25, -0.2) is 0 Å². The van der Waals surface area contributed by atoms with E-state index in [1.54, 1.807) is 0 Å². The highest BCUT2D eigenvalue weighted by atomic mass is 19.4. The Kier molecular flexibility index (Phi) is 3.48. The molecule has 0 spiro atoms. The van der Waals surface area contributed by atoms with Crippen LogP contribution in [0.25, 0.3) is 5.69 Å². The number of halogens is 3. The summed E-state index contributed by atoms with van der Waals surface area (Å²) in [5, 5.41) is 0. The van der Waals surface area contributed by atoms with Gasteiger partial charge in [0.2, 0.25) is 0 Å². The van der Waals surface area contributed by atoms with Crippen LogP contribution in [0.15, 0.2) is 30.3 Å². The Labute approximate surface area is 111 Å². The van der Waals surface area contributed by atoms with Crippen molar-refractivity contribution < 1.29 is 13.2 Å². The van der Waals surface area contributed by atoms with Gasteiger partial charge >= 0.3 is 6.18 Å². The number of benzene rings is 1. The van der Waals surface area contributed by atoms with Crippen molar-refractivity contribution in [3.05, 3.63) is 47.3 Å². The molecular weight excluding hydrogens is 250 g/mol. The van der Waals surface area contributed by atoms with Gasteiger partial charge in [0.15, 0.2) is 7.28 Å². The minimum atomic E-state index is -4.31. The van der Waals surface area contributed by atoms with Crippen molar-refractivity contribution >= 4 is 12.7 Å². The SMILES string of the molecule is CBc1cc(-n2c(C)ccc2C)cc(C(F)(F)F)c1. The first-order chi connectivity index (χ1) is 8.82. The fourth-order valence-corrected chi connectivity index (χ4v) is 2.25. The number of hydrogen-bond donors (Lipinski definition) is 0. The molecule has 1 aromatic heterocycles. The third kappa shape index (κ3) is 2.70. The second-order valence-electron chi connectivity index (χ2n) is 4.69. The van der Waals surface area contributed by atoms with Gasteiger partial charge < -0.3 is 4.57 Å². The third-order valence-electron chi connectivity index (χ3n) is 3.24. The first-order valence-corrected chi connectivity index (χ1v) is 6.19.